The lowest BCUT2D eigenvalue weighted by atomic mass is 10.0. The molecule has 0 aromatic carbocycles. The quantitative estimate of drug-likeness (QED) is 0.756. The SMILES string of the molecule is CCNC(C)c1c(CC)n[nH]c1CC. The Morgan fingerprint density at radius 2 is 2.00 bits per heavy atom. The molecule has 14 heavy (non-hydrogen) atoms. The molecule has 1 unspecified atom stereocenters. The van der Waals surface area contributed by atoms with Gasteiger partial charge >= 0.3 is 0 Å². The largest absolute Gasteiger partial charge is 0.310 e. The van der Waals surface area contributed by atoms with Gasteiger partial charge in [-0.15, -0.1) is 0 Å². The highest BCUT2D eigenvalue weighted by atomic mass is 15.1. The molecule has 80 valence electrons. The number of rotatable bonds is 5. The van der Waals surface area contributed by atoms with E-state index in [4.69, 9.17) is 0 Å². The van der Waals surface area contributed by atoms with E-state index in [9.17, 15) is 0 Å². The van der Waals surface area contributed by atoms with Gasteiger partial charge < -0.3 is 5.32 Å². The predicted molar refractivity (Wildman–Crippen MR) is 59.4 cm³/mol. The maximum atomic E-state index is 4.34. The van der Waals surface area contributed by atoms with Gasteiger partial charge in [-0.25, -0.2) is 0 Å². The molecule has 0 bridgehead atoms. The van der Waals surface area contributed by atoms with Crippen molar-refractivity contribution >= 4 is 0 Å². The molecule has 1 heterocycles. The number of aromatic amines is 1. The van der Waals surface area contributed by atoms with E-state index in [1.54, 1.807) is 0 Å². The molecule has 0 saturated heterocycles. The Balaban J connectivity index is 2.95. The molecule has 0 amide bonds. The Morgan fingerprint density at radius 3 is 2.50 bits per heavy atom. The number of aromatic nitrogens is 2. The zero-order chi connectivity index (χ0) is 10.6. The fourth-order valence-corrected chi connectivity index (χ4v) is 1.89. The third kappa shape index (κ3) is 2.15. The monoisotopic (exact) mass is 195 g/mol. The van der Waals surface area contributed by atoms with Gasteiger partial charge in [0.1, 0.15) is 0 Å². The van der Waals surface area contributed by atoms with Crippen LogP contribution >= 0.6 is 0 Å². The molecule has 0 aliphatic heterocycles. The van der Waals surface area contributed by atoms with E-state index in [1.165, 1.54) is 17.0 Å². The molecule has 3 nitrogen and oxygen atoms in total. The van der Waals surface area contributed by atoms with Crippen LogP contribution in [0, 0.1) is 0 Å². The fraction of sp³-hybridized carbons (Fsp3) is 0.727. The van der Waals surface area contributed by atoms with E-state index >= 15 is 0 Å². The van der Waals surface area contributed by atoms with Crippen molar-refractivity contribution in [1.82, 2.24) is 15.5 Å². The summed E-state index contributed by atoms with van der Waals surface area (Å²) in [4.78, 5) is 0. The molecular weight excluding hydrogens is 174 g/mol. The Labute approximate surface area is 86.3 Å². The number of H-pyrrole nitrogens is 1. The molecule has 1 rings (SSSR count). The van der Waals surface area contributed by atoms with E-state index in [-0.39, 0.29) is 0 Å². The summed E-state index contributed by atoms with van der Waals surface area (Å²) in [5.74, 6) is 0. The first kappa shape index (κ1) is 11.2. The second kappa shape index (κ2) is 5.15. The zero-order valence-electron chi connectivity index (χ0n) is 9.65. The van der Waals surface area contributed by atoms with Crippen LogP contribution in [0.25, 0.3) is 0 Å². The summed E-state index contributed by atoms with van der Waals surface area (Å²) in [6.07, 6.45) is 2.03. The van der Waals surface area contributed by atoms with Gasteiger partial charge in [0.2, 0.25) is 0 Å². The van der Waals surface area contributed by atoms with Crippen molar-refractivity contribution in [3.8, 4) is 0 Å². The van der Waals surface area contributed by atoms with Crippen molar-refractivity contribution in [2.24, 2.45) is 0 Å². The average Bonchev–Trinajstić information content (AvgIpc) is 2.60. The van der Waals surface area contributed by atoms with Gasteiger partial charge in [-0.1, -0.05) is 20.8 Å². The Kier molecular flexibility index (Phi) is 4.14. The van der Waals surface area contributed by atoms with Gasteiger partial charge in [0.15, 0.2) is 0 Å². The summed E-state index contributed by atoms with van der Waals surface area (Å²) in [6, 6.07) is 0.406. The van der Waals surface area contributed by atoms with Gasteiger partial charge in [-0.05, 0) is 26.3 Å². The van der Waals surface area contributed by atoms with Crippen molar-refractivity contribution in [1.29, 1.82) is 0 Å². The maximum absolute atomic E-state index is 4.34. The fourth-order valence-electron chi connectivity index (χ4n) is 1.89. The van der Waals surface area contributed by atoms with E-state index in [0.717, 1.165) is 19.4 Å². The van der Waals surface area contributed by atoms with Crippen LogP contribution in [0.3, 0.4) is 0 Å². The summed E-state index contributed by atoms with van der Waals surface area (Å²) < 4.78 is 0. The van der Waals surface area contributed by atoms with Crippen molar-refractivity contribution in [2.45, 2.75) is 46.6 Å². The van der Waals surface area contributed by atoms with Crippen molar-refractivity contribution in [3.05, 3.63) is 17.0 Å². The molecule has 2 N–H and O–H groups in total. The Morgan fingerprint density at radius 1 is 1.29 bits per heavy atom. The molecule has 1 aromatic rings. The maximum Gasteiger partial charge on any atom is 0.0669 e. The van der Waals surface area contributed by atoms with Gasteiger partial charge in [-0.2, -0.15) is 5.10 Å². The smallest absolute Gasteiger partial charge is 0.0669 e. The van der Waals surface area contributed by atoms with Gasteiger partial charge in [0, 0.05) is 17.3 Å². The van der Waals surface area contributed by atoms with Crippen LogP contribution in [0.1, 0.15) is 50.7 Å². The normalized spacial score (nSPS) is 13.1. The van der Waals surface area contributed by atoms with Crippen LogP contribution in [-0.2, 0) is 12.8 Å². The van der Waals surface area contributed by atoms with E-state index in [1.807, 2.05) is 0 Å². The first-order valence-corrected chi connectivity index (χ1v) is 5.53. The Bertz CT molecular complexity index is 257. The van der Waals surface area contributed by atoms with Gasteiger partial charge in [0.05, 0.1) is 5.69 Å². The zero-order valence-corrected chi connectivity index (χ0v) is 9.65. The Hall–Kier alpha value is -0.830. The lowest BCUT2D eigenvalue weighted by Gasteiger charge is -2.13. The summed E-state index contributed by atoms with van der Waals surface area (Å²) in [5, 5.41) is 10.9. The van der Waals surface area contributed by atoms with E-state index < -0.39 is 0 Å². The van der Waals surface area contributed by atoms with Crippen LogP contribution < -0.4 is 5.32 Å². The molecule has 0 spiro atoms. The molecule has 0 saturated carbocycles. The second-order valence-corrected chi connectivity index (χ2v) is 3.55. The topological polar surface area (TPSA) is 40.7 Å². The minimum atomic E-state index is 0.406. The summed E-state index contributed by atoms with van der Waals surface area (Å²) in [7, 11) is 0. The number of aryl methyl sites for hydroxylation is 2. The highest BCUT2D eigenvalue weighted by molar-refractivity contribution is 5.28. The van der Waals surface area contributed by atoms with Crippen LogP contribution in [0.15, 0.2) is 0 Å². The summed E-state index contributed by atoms with van der Waals surface area (Å²) in [5.41, 5.74) is 3.85. The van der Waals surface area contributed by atoms with Crippen LogP contribution in [0.5, 0.6) is 0 Å². The third-order valence-corrected chi connectivity index (χ3v) is 2.59. The molecule has 3 heteroatoms. The summed E-state index contributed by atoms with van der Waals surface area (Å²) >= 11 is 0. The molecule has 1 aromatic heterocycles. The first-order chi connectivity index (χ1) is 6.74. The van der Waals surface area contributed by atoms with E-state index in [2.05, 4.69) is 43.2 Å². The highest BCUT2D eigenvalue weighted by Gasteiger charge is 2.15. The lowest BCUT2D eigenvalue weighted by molar-refractivity contribution is 0.589. The van der Waals surface area contributed by atoms with Gasteiger partial charge in [-0.3, -0.25) is 5.10 Å². The molecule has 1 atom stereocenters. The molecule has 0 radical (unpaired) electrons. The number of hydrogen-bond acceptors (Lipinski definition) is 2. The molecular formula is C11H21N3. The van der Waals surface area contributed by atoms with Crippen molar-refractivity contribution < 1.29 is 0 Å². The van der Waals surface area contributed by atoms with Crippen molar-refractivity contribution in [3.63, 3.8) is 0 Å². The second-order valence-electron chi connectivity index (χ2n) is 3.55. The third-order valence-electron chi connectivity index (χ3n) is 2.59. The standard InChI is InChI=1S/C11H21N3/c1-5-9-11(8(4)12-7-3)10(6-2)14-13-9/h8,12H,5-7H2,1-4H3,(H,13,14). The minimum Gasteiger partial charge on any atom is -0.310 e. The average molecular weight is 195 g/mol. The number of nitrogens with one attached hydrogen (secondary N) is 2. The van der Waals surface area contributed by atoms with Crippen molar-refractivity contribution in [2.75, 3.05) is 6.54 Å². The molecule has 0 aliphatic rings. The van der Waals surface area contributed by atoms with Crippen LogP contribution in [-0.4, -0.2) is 16.7 Å². The summed E-state index contributed by atoms with van der Waals surface area (Å²) in [6.45, 7) is 9.64. The van der Waals surface area contributed by atoms with Gasteiger partial charge in [0.25, 0.3) is 0 Å². The van der Waals surface area contributed by atoms with Crippen LogP contribution in [0.2, 0.25) is 0 Å². The predicted octanol–water partition coefficient (Wildman–Crippen LogP) is 2.21. The molecule has 0 fully saturated rings. The highest BCUT2D eigenvalue weighted by Crippen LogP contribution is 2.20. The lowest BCUT2D eigenvalue weighted by Crippen LogP contribution is -2.19. The van der Waals surface area contributed by atoms with E-state index in [0.29, 0.717) is 6.04 Å². The molecule has 0 aliphatic carbocycles. The first-order valence-electron chi connectivity index (χ1n) is 5.53. The number of hydrogen-bond donors (Lipinski definition) is 2. The minimum absolute atomic E-state index is 0.406. The van der Waals surface area contributed by atoms with Crippen LogP contribution in [0.4, 0.5) is 0 Å². The number of nitrogens with zero attached hydrogens (tertiary/aromatic N) is 1.